The average molecular weight is 498 g/mol. The molecule has 0 saturated carbocycles. The van der Waals surface area contributed by atoms with E-state index in [4.69, 9.17) is 4.42 Å². The SMILES string of the molecule is CCCCC(O)Nc1cncc(-c2ccc3[nH]nc(-c4nc5nccc(-c6ccoc6)c5[nH]4)c3c2F)c1. The second kappa shape index (κ2) is 9.47. The highest BCUT2D eigenvalue weighted by molar-refractivity contribution is 5.98. The van der Waals surface area contributed by atoms with E-state index in [-0.39, 0.29) is 0 Å². The summed E-state index contributed by atoms with van der Waals surface area (Å²) < 4.78 is 21.3. The van der Waals surface area contributed by atoms with E-state index in [1.807, 2.05) is 12.1 Å². The summed E-state index contributed by atoms with van der Waals surface area (Å²) in [5.74, 6) is -0.0523. The van der Waals surface area contributed by atoms with Crippen LogP contribution in [0.1, 0.15) is 26.2 Å². The van der Waals surface area contributed by atoms with Crippen molar-refractivity contribution in [2.24, 2.45) is 0 Å². The van der Waals surface area contributed by atoms with Gasteiger partial charge in [-0.3, -0.25) is 10.1 Å². The van der Waals surface area contributed by atoms with Gasteiger partial charge in [0.2, 0.25) is 0 Å². The van der Waals surface area contributed by atoms with Crippen LogP contribution < -0.4 is 5.32 Å². The Bertz CT molecular complexity index is 1690. The number of benzene rings is 1. The van der Waals surface area contributed by atoms with Crippen LogP contribution in [-0.4, -0.2) is 41.5 Å². The summed E-state index contributed by atoms with van der Waals surface area (Å²) in [6.45, 7) is 2.07. The minimum absolute atomic E-state index is 0.308. The molecule has 0 aliphatic rings. The number of rotatable bonds is 8. The van der Waals surface area contributed by atoms with Crippen LogP contribution in [0, 0.1) is 5.82 Å². The molecule has 186 valence electrons. The van der Waals surface area contributed by atoms with Gasteiger partial charge in [0.05, 0.1) is 40.8 Å². The van der Waals surface area contributed by atoms with Gasteiger partial charge in [-0.15, -0.1) is 0 Å². The van der Waals surface area contributed by atoms with Crippen LogP contribution in [0.4, 0.5) is 10.1 Å². The molecule has 37 heavy (non-hydrogen) atoms. The first-order valence-electron chi connectivity index (χ1n) is 12.1. The molecule has 0 amide bonds. The van der Waals surface area contributed by atoms with Gasteiger partial charge in [0.15, 0.2) is 11.5 Å². The summed E-state index contributed by atoms with van der Waals surface area (Å²) >= 11 is 0. The van der Waals surface area contributed by atoms with Crippen molar-refractivity contribution >= 4 is 27.8 Å². The van der Waals surface area contributed by atoms with Crippen LogP contribution in [0.15, 0.2) is 65.9 Å². The summed E-state index contributed by atoms with van der Waals surface area (Å²) in [6.07, 6.45) is 9.93. The number of aromatic nitrogens is 6. The summed E-state index contributed by atoms with van der Waals surface area (Å²) in [5, 5.41) is 20.8. The number of aliphatic hydroxyl groups is 1. The first-order valence-corrected chi connectivity index (χ1v) is 12.1. The van der Waals surface area contributed by atoms with Gasteiger partial charge in [0, 0.05) is 34.6 Å². The van der Waals surface area contributed by atoms with Gasteiger partial charge in [-0.1, -0.05) is 13.3 Å². The Labute approximate surface area is 210 Å². The van der Waals surface area contributed by atoms with Gasteiger partial charge in [-0.2, -0.15) is 5.10 Å². The first-order chi connectivity index (χ1) is 18.1. The molecule has 4 N–H and O–H groups in total. The highest BCUT2D eigenvalue weighted by Gasteiger charge is 2.21. The third-order valence-corrected chi connectivity index (χ3v) is 6.33. The molecule has 9 nitrogen and oxygen atoms in total. The fourth-order valence-corrected chi connectivity index (χ4v) is 4.48. The number of furan rings is 1. The molecule has 0 fully saturated rings. The molecular weight excluding hydrogens is 473 g/mol. The fraction of sp³-hybridized carbons (Fsp3) is 0.185. The molecule has 0 bridgehead atoms. The molecule has 0 aliphatic heterocycles. The number of nitrogens with one attached hydrogen (secondary N) is 3. The maximum absolute atomic E-state index is 16.0. The average Bonchev–Trinajstić information content (AvgIpc) is 3.67. The minimum Gasteiger partial charge on any atom is -0.472 e. The van der Waals surface area contributed by atoms with Crippen molar-refractivity contribution in [3.05, 3.63) is 67.3 Å². The number of hydrogen-bond donors (Lipinski definition) is 4. The lowest BCUT2D eigenvalue weighted by Gasteiger charge is -2.14. The highest BCUT2D eigenvalue weighted by atomic mass is 19.1. The smallest absolute Gasteiger partial charge is 0.178 e. The topological polar surface area (TPSA) is 129 Å². The van der Waals surface area contributed by atoms with Crippen LogP contribution in [-0.2, 0) is 0 Å². The third kappa shape index (κ3) is 4.21. The number of hydrogen-bond acceptors (Lipinski definition) is 7. The number of halogens is 1. The predicted octanol–water partition coefficient (Wildman–Crippen LogP) is 5.88. The van der Waals surface area contributed by atoms with Gasteiger partial charge < -0.3 is 19.8 Å². The molecule has 6 aromatic rings. The Kier molecular flexibility index (Phi) is 5.85. The number of nitrogens with zero attached hydrogens (tertiary/aromatic N) is 4. The zero-order valence-corrected chi connectivity index (χ0v) is 20.0. The molecule has 6 rings (SSSR count). The van der Waals surface area contributed by atoms with Crippen molar-refractivity contribution in [3.63, 3.8) is 0 Å². The molecule has 5 aromatic heterocycles. The lowest BCUT2D eigenvalue weighted by atomic mass is 10.0. The Balaban J connectivity index is 1.41. The molecular formula is C27H24FN7O2. The molecule has 0 saturated heterocycles. The lowest BCUT2D eigenvalue weighted by molar-refractivity contribution is 0.190. The van der Waals surface area contributed by atoms with Gasteiger partial charge in [0.25, 0.3) is 0 Å². The molecule has 1 unspecified atom stereocenters. The largest absolute Gasteiger partial charge is 0.472 e. The highest BCUT2D eigenvalue weighted by Crippen LogP contribution is 2.35. The van der Waals surface area contributed by atoms with Crippen LogP contribution >= 0.6 is 0 Å². The van der Waals surface area contributed by atoms with E-state index in [1.54, 1.807) is 49.3 Å². The van der Waals surface area contributed by atoms with E-state index in [0.717, 1.165) is 24.0 Å². The Hall–Kier alpha value is -4.57. The van der Waals surface area contributed by atoms with Crippen molar-refractivity contribution in [2.75, 3.05) is 5.32 Å². The molecule has 0 aliphatic carbocycles. The van der Waals surface area contributed by atoms with Crippen molar-refractivity contribution in [2.45, 2.75) is 32.4 Å². The van der Waals surface area contributed by atoms with Crippen LogP contribution in [0.25, 0.3) is 55.8 Å². The quantitative estimate of drug-likeness (QED) is 0.193. The third-order valence-electron chi connectivity index (χ3n) is 6.33. The number of aliphatic hydroxyl groups excluding tert-OH is 1. The van der Waals surface area contributed by atoms with Crippen LogP contribution in [0.2, 0.25) is 0 Å². The van der Waals surface area contributed by atoms with E-state index < -0.39 is 12.0 Å². The standard InChI is InChI=1S/C27H24FN7O2/c1-2-3-4-21(36)31-17-11-16(12-29-13-17)18-5-6-20-22(23(18)28)25(35-34-20)27-32-24-19(15-8-10-37-14-15)7-9-30-26(24)33-27/h5-14,21,31,36H,2-4H2,1H3,(H,34,35)(H,30,32,33). The van der Waals surface area contributed by atoms with Gasteiger partial charge in [0.1, 0.15) is 17.7 Å². The van der Waals surface area contributed by atoms with Crippen molar-refractivity contribution in [1.29, 1.82) is 0 Å². The van der Waals surface area contributed by atoms with E-state index >= 15 is 4.39 Å². The van der Waals surface area contributed by atoms with Crippen LogP contribution in [0.5, 0.6) is 0 Å². The van der Waals surface area contributed by atoms with Gasteiger partial charge in [-0.25, -0.2) is 14.4 Å². The Morgan fingerprint density at radius 1 is 1.14 bits per heavy atom. The second-order valence-corrected chi connectivity index (χ2v) is 8.84. The van der Waals surface area contributed by atoms with Gasteiger partial charge >= 0.3 is 0 Å². The fourth-order valence-electron chi connectivity index (χ4n) is 4.48. The van der Waals surface area contributed by atoms with E-state index in [0.29, 0.717) is 56.8 Å². The van der Waals surface area contributed by atoms with E-state index in [9.17, 15) is 5.11 Å². The molecule has 0 spiro atoms. The number of unbranched alkanes of at least 4 members (excludes halogenated alkanes) is 1. The summed E-state index contributed by atoms with van der Waals surface area (Å²) in [6, 6.07) is 8.95. The molecule has 1 aromatic carbocycles. The van der Waals surface area contributed by atoms with Crippen molar-refractivity contribution in [3.8, 4) is 33.8 Å². The molecule has 0 radical (unpaired) electrons. The normalized spacial score (nSPS) is 12.4. The monoisotopic (exact) mass is 497 g/mol. The van der Waals surface area contributed by atoms with Crippen molar-refractivity contribution in [1.82, 2.24) is 30.1 Å². The summed E-state index contributed by atoms with van der Waals surface area (Å²) in [4.78, 5) is 16.5. The lowest BCUT2D eigenvalue weighted by Crippen LogP contribution is -2.18. The predicted molar refractivity (Wildman–Crippen MR) is 139 cm³/mol. The number of aromatic amines is 2. The maximum Gasteiger partial charge on any atom is 0.178 e. The summed E-state index contributed by atoms with van der Waals surface area (Å²) in [5.41, 5.74) is 5.39. The first kappa shape index (κ1) is 22.9. The number of imidazole rings is 1. The maximum atomic E-state index is 16.0. The molecule has 1 atom stereocenters. The number of anilines is 1. The zero-order valence-electron chi connectivity index (χ0n) is 20.0. The Morgan fingerprint density at radius 2 is 2.05 bits per heavy atom. The molecule has 10 heteroatoms. The second-order valence-electron chi connectivity index (χ2n) is 8.84. The van der Waals surface area contributed by atoms with E-state index in [1.165, 1.54) is 0 Å². The zero-order chi connectivity index (χ0) is 25.4. The van der Waals surface area contributed by atoms with E-state index in [2.05, 4.69) is 42.4 Å². The van der Waals surface area contributed by atoms with Gasteiger partial charge in [-0.05, 0) is 43.2 Å². The minimum atomic E-state index is -0.696. The van der Waals surface area contributed by atoms with Crippen LogP contribution in [0.3, 0.4) is 0 Å². The molecule has 5 heterocycles. The number of H-pyrrole nitrogens is 2. The number of pyridine rings is 2. The number of fused-ring (bicyclic) bond motifs is 2. The Morgan fingerprint density at radius 3 is 2.89 bits per heavy atom. The summed E-state index contributed by atoms with van der Waals surface area (Å²) in [7, 11) is 0. The van der Waals surface area contributed by atoms with Crippen molar-refractivity contribution < 1.29 is 13.9 Å².